The lowest BCUT2D eigenvalue weighted by molar-refractivity contribution is -0.122. The van der Waals surface area contributed by atoms with Crippen LogP contribution in [0.5, 0.6) is 0 Å². The van der Waals surface area contributed by atoms with Gasteiger partial charge in [-0.2, -0.15) is 0 Å². The van der Waals surface area contributed by atoms with Gasteiger partial charge in [-0.15, -0.1) is 0 Å². The van der Waals surface area contributed by atoms with E-state index in [1.807, 2.05) is 54.9 Å². The summed E-state index contributed by atoms with van der Waals surface area (Å²) in [5.74, 6) is -0.199. The van der Waals surface area contributed by atoms with E-state index in [9.17, 15) is 9.59 Å². The Morgan fingerprint density at radius 1 is 1.13 bits per heavy atom. The smallest absolute Gasteiger partial charge is 0.275 e. The predicted octanol–water partition coefficient (Wildman–Crippen LogP) is 2.70. The number of anilines is 1. The lowest BCUT2D eigenvalue weighted by atomic mass is 10.1. The Bertz CT molecular complexity index is 1160. The Labute approximate surface area is 186 Å². The second kappa shape index (κ2) is 8.77. The minimum atomic E-state index is -0.199. The Morgan fingerprint density at radius 2 is 1.87 bits per heavy atom. The van der Waals surface area contributed by atoms with Crippen molar-refractivity contribution in [2.24, 2.45) is 0 Å². The van der Waals surface area contributed by atoms with Gasteiger partial charge >= 0.3 is 0 Å². The fourth-order valence-corrected chi connectivity index (χ4v) is 4.17. The van der Waals surface area contributed by atoms with Crippen LogP contribution in [0.3, 0.4) is 0 Å². The summed E-state index contributed by atoms with van der Waals surface area (Å²) in [5, 5.41) is 3.45. The van der Waals surface area contributed by atoms with Crippen LogP contribution >= 0.6 is 11.6 Å². The Balaban J connectivity index is 1.81. The van der Waals surface area contributed by atoms with Gasteiger partial charge in [0.15, 0.2) is 0 Å². The summed E-state index contributed by atoms with van der Waals surface area (Å²) in [5.41, 5.74) is 2.82. The van der Waals surface area contributed by atoms with Gasteiger partial charge < -0.3 is 19.5 Å². The Kier molecular flexibility index (Phi) is 6.07. The average molecular weight is 442 g/mol. The standard InChI is InChI=1S/C23H28ClN5O2/c1-16(2)25-22(30)15-29-21(17-5-4-6-18(24)11-17)14-28-13-19(12-20(28)23(29)31)27-9-7-26(3)8-10-27/h4-6,11-14,16H,7-10,15H2,1-3H3,(H,25,30). The minimum absolute atomic E-state index is 0.00121. The van der Waals surface area contributed by atoms with E-state index in [2.05, 4.69) is 22.2 Å². The molecule has 0 radical (unpaired) electrons. The number of nitrogens with one attached hydrogen (secondary N) is 1. The summed E-state index contributed by atoms with van der Waals surface area (Å²) in [6.07, 6.45) is 3.90. The monoisotopic (exact) mass is 441 g/mol. The van der Waals surface area contributed by atoms with Crippen LogP contribution in [-0.2, 0) is 11.3 Å². The highest BCUT2D eigenvalue weighted by Gasteiger charge is 2.19. The number of benzene rings is 1. The van der Waals surface area contributed by atoms with Crippen molar-refractivity contribution in [3.8, 4) is 11.3 Å². The first-order chi connectivity index (χ1) is 14.8. The molecule has 1 amide bonds. The maximum Gasteiger partial charge on any atom is 0.275 e. The third-order valence-corrected chi connectivity index (χ3v) is 5.83. The van der Waals surface area contributed by atoms with Gasteiger partial charge in [0.2, 0.25) is 5.91 Å². The predicted molar refractivity (Wildman–Crippen MR) is 125 cm³/mol. The molecule has 1 aromatic carbocycles. The SMILES string of the molecule is CC(C)NC(=O)Cn1c(-c2cccc(Cl)c2)cn2cc(N3CCN(C)CC3)cc2c1=O. The van der Waals surface area contributed by atoms with Gasteiger partial charge in [-0.05, 0) is 39.1 Å². The molecule has 1 aliphatic rings. The summed E-state index contributed by atoms with van der Waals surface area (Å²) < 4.78 is 3.40. The summed E-state index contributed by atoms with van der Waals surface area (Å²) in [6, 6.07) is 9.26. The summed E-state index contributed by atoms with van der Waals surface area (Å²) in [4.78, 5) is 30.6. The number of rotatable bonds is 5. The number of hydrogen-bond acceptors (Lipinski definition) is 4. The lowest BCUT2D eigenvalue weighted by Crippen LogP contribution is -2.44. The van der Waals surface area contributed by atoms with Crippen molar-refractivity contribution in [1.82, 2.24) is 19.2 Å². The molecule has 0 aliphatic carbocycles. The molecule has 1 saturated heterocycles. The molecule has 1 aliphatic heterocycles. The van der Waals surface area contributed by atoms with Crippen molar-refractivity contribution in [2.45, 2.75) is 26.4 Å². The molecule has 0 saturated carbocycles. The van der Waals surface area contributed by atoms with Gasteiger partial charge in [-0.1, -0.05) is 23.7 Å². The van der Waals surface area contributed by atoms with Gasteiger partial charge in [-0.3, -0.25) is 14.2 Å². The van der Waals surface area contributed by atoms with Crippen molar-refractivity contribution in [1.29, 1.82) is 0 Å². The van der Waals surface area contributed by atoms with Crippen LogP contribution in [0.2, 0.25) is 5.02 Å². The van der Waals surface area contributed by atoms with Gasteiger partial charge in [0.05, 0.1) is 11.4 Å². The second-order valence-corrected chi connectivity index (χ2v) is 8.86. The van der Waals surface area contributed by atoms with Crippen LogP contribution in [0.4, 0.5) is 5.69 Å². The minimum Gasteiger partial charge on any atom is -0.368 e. The molecule has 3 heterocycles. The number of piperazine rings is 1. The lowest BCUT2D eigenvalue weighted by Gasteiger charge is -2.33. The maximum atomic E-state index is 13.5. The van der Waals surface area contributed by atoms with Crippen LogP contribution in [0.1, 0.15) is 13.8 Å². The maximum absolute atomic E-state index is 13.5. The fraction of sp³-hybridized carbons (Fsp3) is 0.391. The number of nitrogens with zero attached hydrogens (tertiary/aromatic N) is 4. The molecule has 4 rings (SSSR count). The zero-order valence-corrected chi connectivity index (χ0v) is 18.9. The van der Waals surface area contributed by atoms with E-state index in [0.29, 0.717) is 16.2 Å². The van der Waals surface area contributed by atoms with Crippen molar-refractivity contribution in [2.75, 3.05) is 38.1 Å². The van der Waals surface area contributed by atoms with Crippen LogP contribution in [-0.4, -0.2) is 59.0 Å². The van der Waals surface area contributed by atoms with Crippen LogP contribution in [0, 0.1) is 0 Å². The number of hydrogen-bond donors (Lipinski definition) is 1. The van der Waals surface area contributed by atoms with E-state index in [1.165, 1.54) is 4.57 Å². The molecule has 0 bridgehead atoms. The Morgan fingerprint density at radius 3 is 2.55 bits per heavy atom. The molecule has 7 nitrogen and oxygen atoms in total. The molecule has 8 heteroatoms. The third-order valence-electron chi connectivity index (χ3n) is 5.59. The van der Waals surface area contributed by atoms with Crippen LogP contribution in [0.15, 0.2) is 47.5 Å². The first kappa shape index (κ1) is 21.5. The summed E-state index contributed by atoms with van der Waals surface area (Å²) in [6.45, 7) is 7.55. The van der Waals surface area contributed by atoms with E-state index in [0.717, 1.165) is 37.4 Å². The van der Waals surface area contributed by atoms with Crippen molar-refractivity contribution < 1.29 is 4.79 Å². The highest BCUT2D eigenvalue weighted by Crippen LogP contribution is 2.25. The first-order valence-electron chi connectivity index (χ1n) is 10.6. The molecule has 3 aromatic rings. The molecule has 1 fully saturated rings. The number of aromatic nitrogens is 2. The summed E-state index contributed by atoms with van der Waals surface area (Å²) in [7, 11) is 2.12. The van der Waals surface area contributed by atoms with Gasteiger partial charge in [0.1, 0.15) is 12.1 Å². The van der Waals surface area contributed by atoms with Gasteiger partial charge in [-0.25, -0.2) is 0 Å². The topological polar surface area (TPSA) is 62.0 Å². The van der Waals surface area contributed by atoms with E-state index < -0.39 is 0 Å². The normalized spacial score (nSPS) is 15.1. The zero-order chi connectivity index (χ0) is 22.1. The zero-order valence-electron chi connectivity index (χ0n) is 18.1. The molecule has 31 heavy (non-hydrogen) atoms. The number of carbonyl (C=O) groups excluding carboxylic acids is 1. The van der Waals surface area contributed by atoms with Crippen LogP contribution in [0.25, 0.3) is 16.8 Å². The molecular weight excluding hydrogens is 414 g/mol. The van der Waals surface area contributed by atoms with Crippen molar-refractivity contribution in [3.05, 3.63) is 58.1 Å². The van der Waals surface area contributed by atoms with Crippen molar-refractivity contribution in [3.63, 3.8) is 0 Å². The molecular formula is C23H28ClN5O2. The molecule has 164 valence electrons. The molecule has 2 aromatic heterocycles. The van der Waals surface area contributed by atoms with E-state index >= 15 is 0 Å². The largest absolute Gasteiger partial charge is 0.368 e. The number of carbonyl (C=O) groups is 1. The van der Waals surface area contributed by atoms with Gasteiger partial charge in [0, 0.05) is 55.2 Å². The van der Waals surface area contributed by atoms with Crippen molar-refractivity contribution >= 4 is 28.7 Å². The average Bonchev–Trinajstić information content (AvgIpc) is 3.14. The molecule has 0 unspecified atom stereocenters. The highest BCUT2D eigenvalue weighted by molar-refractivity contribution is 6.30. The number of likely N-dealkylation sites (N-methyl/N-ethyl adjacent to an activating group) is 1. The first-order valence-corrected chi connectivity index (χ1v) is 10.9. The third kappa shape index (κ3) is 4.62. The number of fused-ring (bicyclic) bond motifs is 1. The second-order valence-electron chi connectivity index (χ2n) is 8.42. The fourth-order valence-electron chi connectivity index (χ4n) is 3.98. The number of halogens is 1. The Hall–Kier alpha value is -2.77. The molecule has 0 atom stereocenters. The van der Waals surface area contributed by atoms with E-state index in [1.54, 1.807) is 6.07 Å². The number of amides is 1. The quantitative estimate of drug-likeness (QED) is 0.661. The van der Waals surface area contributed by atoms with Gasteiger partial charge in [0.25, 0.3) is 5.56 Å². The highest BCUT2D eigenvalue weighted by atomic mass is 35.5. The molecule has 0 spiro atoms. The summed E-state index contributed by atoms with van der Waals surface area (Å²) >= 11 is 6.21. The molecule has 1 N–H and O–H groups in total. The van der Waals surface area contributed by atoms with E-state index in [4.69, 9.17) is 11.6 Å². The van der Waals surface area contributed by atoms with Crippen LogP contribution < -0.4 is 15.8 Å². The van der Waals surface area contributed by atoms with E-state index in [-0.39, 0.29) is 24.1 Å².